The van der Waals surface area contributed by atoms with E-state index in [1.807, 2.05) is 55.8 Å². The van der Waals surface area contributed by atoms with Crippen molar-refractivity contribution in [2.75, 3.05) is 0 Å². The van der Waals surface area contributed by atoms with Gasteiger partial charge in [-0.2, -0.15) is 5.10 Å². The molecular weight excluding hydrogens is 414 g/mol. The van der Waals surface area contributed by atoms with Crippen molar-refractivity contribution in [3.8, 4) is 0 Å². The maximum atomic E-state index is 12.7. The summed E-state index contributed by atoms with van der Waals surface area (Å²) in [6.45, 7) is 7.55. The van der Waals surface area contributed by atoms with Gasteiger partial charge in [0.25, 0.3) is 5.56 Å². The zero-order chi connectivity index (χ0) is 23.4. The number of para-hydroxylation sites is 1. The Labute approximate surface area is 193 Å². The molecule has 0 saturated heterocycles. The predicted octanol–water partition coefficient (Wildman–Crippen LogP) is 3.66. The number of fused-ring (bicyclic) bond motifs is 1. The van der Waals surface area contributed by atoms with Crippen LogP contribution in [0.1, 0.15) is 40.9 Å². The third-order valence-corrected chi connectivity index (χ3v) is 6.03. The number of carbonyl (C=O) groups excluding carboxylic acids is 1. The zero-order valence-electron chi connectivity index (χ0n) is 19.3. The van der Waals surface area contributed by atoms with E-state index < -0.39 is 0 Å². The van der Waals surface area contributed by atoms with Crippen LogP contribution in [0.25, 0.3) is 10.9 Å². The third kappa shape index (κ3) is 5.03. The van der Waals surface area contributed by atoms with Crippen molar-refractivity contribution >= 4 is 16.8 Å². The van der Waals surface area contributed by atoms with Gasteiger partial charge in [-0.25, -0.2) is 4.98 Å². The molecule has 1 amide bonds. The van der Waals surface area contributed by atoms with Crippen molar-refractivity contribution in [3.05, 3.63) is 93.3 Å². The van der Waals surface area contributed by atoms with Crippen LogP contribution in [0.2, 0.25) is 0 Å². The molecule has 0 saturated carbocycles. The average Bonchev–Trinajstić information content (AvgIpc) is 3.07. The second kappa shape index (κ2) is 9.81. The molecule has 0 spiro atoms. The average molecular weight is 444 g/mol. The van der Waals surface area contributed by atoms with E-state index in [4.69, 9.17) is 0 Å². The highest BCUT2D eigenvalue weighted by atomic mass is 16.1. The first-order valence-corrected chi connectivity index (χ1v) is 11.2. The Morgan fingerprint density at radius 2 is 1.82 bits per heavy atom. The van der Waals surface area contributed by atoms with Crippen molar-refractivity contribution in [2.24, 2.45) is 0 Å². The molecular formula is C26H29N5O2. The monoisotopic (exact) mass is 443 g/mol. The first-order valence-electron chi connectivity index (χ1n) is 11.2. The fourth-order valence-electron chi connectivity index (χ4n) is 4.08. The number of nitrogens with zero attached hydrogens (tertiary/aromatic N) is 4. The Balaban J connectivity index is 1.32. The van der Waals surface area contributed by atoms with Crippen LogP contribution in [0, 0.1) is 20.8 Å². The smallest absolute Gasteiger partial charge is 0.261 e. The number of aromatic nitrogens is 4. The molecule has 0 atom stereocenters. The largest absolute Gasteiger partial charge is 0.352 e. The van der Waals surface area contributed by atoms with E-state index >= 15 is 0 Å². The molecule has 7 nitrogen and oxygen atoms in total. The van der Waals surface area contributed by atoms with Gasteiger partial charge < -0.3 is 5.32 Å². The fourth-order valence-corrected chi connectivity index (χ4v) is 4.08. The van der Waals surface area contributed by atoms with Gasteiger partial charge in [0.2, 0.25) is 5.91 Å². The highest BCUT2D eigenvalue weighted by Gasteiger charge is 2.13. The third-order valence-electron chi connectivity index (χ3n) is 6.03. The van der Waals surface area contributed by atoms with Gasteiger partial charge in [0, 0.05) is 30.8 Å². The molecule has 4 aromatic rings. The zero-order valence-corrected chi connectivity index (χ0v) is 19.3. The van der Waals surface area contributed by atoms with Gasteiger partial charge in [-0.05, 0) is 44.4 Å². The summed E-state index contributed by atoms with van der Waals surface area (Å²) in [4.78, 5) is 29.5. The molecule has 0 aliphatic carbocycles. The van der Waals surface area contributed by atoms with Crippen LogP contribution in [0.3, 0.4) is 0 Å². The molecule has 0 fully saturated rings. The summed E-state index contributed by atoms with van der Waals surface area (Å²) in [6, 6.07) is 15.8. The lowest BCUT2D eigenvalue weighted by Crippen LogP contribution is -2.25. The van der Waals surface area contributed by atoms with Gasteiger partial charge in [0.1, 0.15) is 0 Å². The number of amides is 1. The summed E-state index contributed by atoms with van der Waals surface area (Å²) in [7, 11) is 0. The topological polar surface area (TPSA) is 81.8 Å². The molecule has 0 aliphatic heterocycles. The lowest BCUT2D eigenvalue weighted by Gasteiger charge is -2.09. The van der Waals surface area contributed by atoms with Crippen molar-refractivity contribution in [2.45, 2.75) is 53.2 Å². The predicted molar refractivity (Wildman–Crippen MR) is 129 cm³/mol. The van der Waals surface area contributed by atoms with E-state index in [2.05, 4.69) is 27.5 Å². The van der Waals surface area contributed by atoms with Crippen LogP contribution in [-0.4, -0.2) is 25.2 Å². The lowest BCUT2D eigenvalue weighted by atomic mass is 10.1. The van der Waals surface area contributed by atoms with Crippen LogP contribution in [0.4, 0.5) is 0 Å². The number of rotatable bonds is 8. The van der Waals surface area contributed by atoms with Crippen LogP contribution in [-0.2, 0) is 24.4 Å². The Morgan fingerprint density at radius 1 is 1.03 bits per heavy atom. The normalized spacial score (nSPS) is 11.1. The van der Waals surface area contributed by atoms with E-state index in [9.17, 15) is 9.59 Å². The SMILES string of the molecule is Cc1nn(Cc2ccccc2)c(C)c1CNC(=O)CCCn1cnc2c(C)cccc2c1=O. The van der Waals surface area contributed by atoms with Crippen LogP contribution < -0.4 is 10.9 Å². The first kappa shape index (κ1) is 22.5. The van der Waals surface area contributed by atoms with Gasteiger partial charge in [-0.3, -0.25) is 18.8 Å². The van der Waals surface area contributed by atoms with Crippen LogP contribution in [0.5, 0.6) is 0 Å². The molecule has 7 heteroatoms. The number of hydrogen-bond donors (Lipinski definition) is 1. The van der Waals surface area contributed by atoms with E-state index in [1.54, 1.807) is 17.0 Å². The summed E-state index contributed by atoms with van der Waals surface area (Å²) in [5.74, 6) is -0.0396. The number of benzene rings is 2. The Bertz CT molecular complexity index is 1340. The summed E-state index contributed by atoms with van der Waals surface area (Å²) in [5.41, 5.74) is 5.86. The highest BCUT2D eigenvalue weighted by molar-refractivity contribution is 5.80. The summed E-state index contributed by atoms with van der Waals surface area (Å²) in [6.07, 6.45) is 2.48. The molecule has 0 aliphatic rings. The molecule has 33 heavy (non-hydrogen) atoms. The number of nitrogens with one attached hydrogen (secondary N) is 1. The van der Waals surface area contributed by atoms with Gasteiger partial charge in [0.15, 0.2) is 0 Å². The van der Waals surface area contributed by atoms with Gasteiger partial charge in [-0.15, -0.1) is 0 Å². The first-order chi connectivity index (χ1) is 15.9. The van der Waals surface area contributed by atoms with E-state index in [0.29, 0.717) is 37.9 Å². The number of aryl methyl sites for hydroxylation is 3. The van der Waals surface area contributed by atoms with Crippen molar-refractivity contribution in [1.82, 2.24) is 24.6 Å². The number of hydrogen-bond acceptors (Lipinski definition) is 4. The molecule has 2 heterocycles. The minimum atomic E-state index is -0.0683. The Hall–Kier alpha value is -3.74. The van der Waals surface area contributed by atoms with Crippen molar-refractivity contribution in [1.29, 1.82) is 0 Å². The molecule has 170 valence electrons. The molecule has 0 radical (unpaired) electrons. The quantitative estimate of drug-likeness (QED) is 0.451. The van der Waals surface area contributed by atoms with Gasteiger partial charge in [-0.1, -0.05) is 42.5 Å². The van der Waals surface area contributed by atoms with Crippen molar-refractivity contribution < 1.29 is 4.79 Å². The van der Waals surface area contributed by atoms with E-state index in [0.717, 1.165) is 28.0 Å². The molecule has 4 rings (SSSR count). The minimum absolute atomic E-state index is 0.0396. The second-order valence-corrected chi connectivity index (χ2v) is 8.39. The molecule has 0 unspecified atom stereocenters. The maximum absolute atomic E-state index is 12.7. The maximum Gasteiger partial charge on any atom is 0.261 e. The Morgan fingerprint density at radius 3 is 2.61 bits per heavy atom. The summed E-state index contributed by atoms with van der Waals surface area (Å²) < 4.78 is 3.56. The molecule has 1 N–H and O–H groups in total. The van der Waals surface area contributed by atoms with Crippen molar-refractivity contribution in [3.63, 3.8) is 0 Å². The van der Waals surface area contributed by atoms with Crippen LogP contribution >= 0.6 is 0 Å². The van der Waals surface area contributed by atoms with Gasteiger partial charge in [0.05, 0.1) is 29.5 Å². The van der Waals surface area contributed by atoms with E-state index in [1.165, 1.54) is 5.56 Å². The summed E-state index contributed by atoms with van der Waals surface area (Å²) >= 11 is 0. The van der Waals surface area contributed by atoms with E-state index in [-0.39, 0.29) is 11.5 Å². The second-order valence-electron chi connectivity index (χ2n) is 8.39. The Kier molecular flexibility index (Phi) is 6.68. The minimum Gasteiger partial charge on any atom is -0.352 e. The number of carbonyl (C=O) groups is 1. The highest BCUT2D eigenvalue weighted by Crippen LogP contribution is 2.15. The molecule has 2 aromatic heterocycles. The lowest BCUT2D eigenvalue weighted by molar-refractivity contribution is -0.121. The van der Waals surface area contributed by atoms with Crippen LogP contribution in [0.15, 0.2) is 59.7 Å². The molecule has 0 bridgehead atoms. The fraction of sp³-hybridized carbons (Fsp3) is 0.308. The molecule has 2 aromatic carbocycles. The summed E-state index contributed by atoms with van der Waals surface area (Å²) in [5, 5.41) is 8.26. The van der Waals surface area contributed by atoms with Gasteiger partial charge >= 0.3 is 0 Å². The standard InChI is InChI=1S/C26H29N5O2/c1-18-9-7-12-22-25(18)28-17-30(26(22)33)14-8-13-24(32)27-15-23-19(2)29-31(20(23)3)16-21-10-5-4-6-11-21/h4-7,9-12,17H,8,13-16H2,1-3H3,(H,27,32).